The first kappa shape index (κ1) is 27.8. The van der Waals surface area contributed by atoms with Gasteiger partial charge in [0.25, 0.3) is 5.97 Å². The van der Waals surface area contributed by atoms with Crippen LogP contribution in [0.3, 0.4) is 0 Å². The number of aliphatic carboxylic acids is 1. The molecule has 3 N–H and O–H groups in total. The molecule has 0 saturated heterocycles. The second-order valence-electron chi connectivity index (χ2n) is 10.5. The lowest BCUT2D eigenvalue weighted by atomic mass is 9.80. The van der Waals surface area contributed by atoms with Crippen LogP contribution < -0.4 is 20.3 Å². The maximum absolute atomic E-state index is 9.00. The van der Waals surface area contributed by atoms with E-state index < -0.39 is 5.97 Å². The predicted molar refractivity (Wildman–Crippen MR) is 173 cm³/mol. The Kier molecular flexibility index (Phi) is 7.19. The molecule has 5 aromatic carbocycles. The summed E-state index contributed by atoms with van der Waals surface area (Å²) in [7, 11) is 3.43. The molecule has 2 aliphatic rings. The first-order valence-corrected chi connectivity index (χ1v) is 14.0. The molecule has 2 aliphatic heterocycles. The highest BCUT2D eigenvalue weighted by atomic mass is 16.5. The third-order valence-corrected chi connectivity index (χ3v) is 7.99. The van der Waals surface area contributed by atoms with Crippen molar-refractivity contribution in [2.45, 2.75) is 26.7 Å². The van der Waals surface area contributed by atoms with Gasteiger partial charge in [0.15, 0.2) is 0 Å². The first-order chi connectivity index (χ1) is 20.8. The number of carboxylic acid groups (broad SMARTS) is 1. The van der Waals surface area contributed by atoms with Gasteiger partial charge in [0.2, 0.25) is 0 Å². The maximum Gasteiger partial charge on any atom is 0.300 e. The zero-order chi connectivity index (χ0) is 30.2. The summed E-state index contributed by atoms with van der Waals surface area (Å²) in [5.74, 6) is 0.766. The number of nitrogens with one attached hydrogen (secondary N) is 2. The van der Waals surface area contributed by atoms with Crippen LogP contribution in [0, 0.1) is 0 Å². The summed E-state index contributed by atoms with van der Waals surface area (Å²) in [6.45, 7) is 5.15. The largest absolute Gasteiger partial charge is 0.496 e. The predicted octanol–water partition coefficient (Wildman–Crippen LogP) is 7.58. The van der Waals surface area contributed by atoms with Crippen molar-refractivity contribution < 1.29 is 19.4 Å². The molecule has 0 spiro atoms. The zero-order valence-corrected chi connectivity index (χ0v) is 24.6. The molecule has 0 fully saturated rings. The number of nitrogens with zero attached hydrogens (tertiary/aromatic N) is 2. The highest BCUT2D eigenvalue weighted by molar-refractivity contribution is 6.19. The van der Waals surface area contributed by atoms with E-state index in [1.807, 2.05) is 26.0 Å². The van der Waals surface area contributed by atoms with Crippen LogP contribution in [-0.2, 0) is 4.79 Å². The fourth-order valence-corrected chi connectivity index (χ4v) is 6.13. The van der Waals surface area contributed by atoms with Crippen LogP contribution in [0.2, 0.25) is 0 Å². The summed E-state index contributed by atoms with van der Waals surface area (Å²) in [6.07, 6.45) is 0. The highest BCUT2D eigenvalue weighted by Crippen LogP contribution is 2.48. The van der Waals surface area contributed by atoms with E-state index in [4.69, 9.17) is 29.6 Å². The molecule has 0 saturated carbocycles. The number of anilines is 2. The van der Waals surface area contributed by atoms with Gasteiger partial charge in [-0.15, -0.1) is 0 Å². The second kappa shape index (κ2) is 11.1. The van der Waals surface area contributed by atoms with Crippen molar-refractivity contribution in [3.63, 3.8) is 0 Å². The Balaban J connectivity index is 0.000000777. The van der Waals surface area contributed by atoms with Gasteiger partial charge >= 0.3 is 0 Å². The summed E-state index contributed by atoms with van der Waals surface area (Å²) < 4.78 is 11.5. The molecule has 0 aromatic heterocycles. The Morgan fingerprint density at radius 2 is 1.14 bits per heavy atom. The Hall–Kier alpha value is -5.37. The van der Waals surface area contributed by atoms with Crippen molar-refractivity contribution >= 4 is 50.3 Å². The number of hydrogen-bond donors (Lipinski definition) is 3. The van der Waals surface area contributed by atoms with Gasteiger partial charge in [-0.25, -0.2) is 0 Å². The minimum Gasteiger partial charge on any atom is -0.496 e. The number of rotatable bonds is 5. The molecule has 0 atom stereocenters. The van der Waals surface area contributed by atoms with E-state index in [9.17, 15) is 0 Å². The highest BCUT2D eigenvalue weighted by Gasteiger charge is 2.29. The molecule has 0 bridgehead atoms. The summed E-state index contributed by atoms with van der Waals surface area (Å²) in [5, 5.41) is 21.2. The van der Waals surface area contributed by atoms with Gasteiger partial charge in [0.05, 0.1) is 37.0 Å². The molecule has 0 aliphatic carbocycles. The Labute approximate surface area is 249 Å². The van der Waals surface area contributed by atoms with Crippen LogP contribution in [0.1, 0.15) is 54.5 Å². The van der Waals surface area contributed by atoms with E-state index in [0.29, 0.717) is 0 Å². The number of hydrazone groups is 2. The maximum atomic E-state index is 9.00. The monoisotopic (exact) mass is 572 g/mol. The van der Waals surface area contributed by atoms with Gasteiger partial charge in [-0.3, -0.25) is 15.6 Å². The van der Waals surface area contributed by atoms with Gasteiger partial charge in [0, 0.05) is 45.5 Å². The second-order valence-corrected chi connectivity index (χ2v) is 10.5. The number of ether oxygens (including phenoxy) is 2. The van der Waals surface area contributed by atoms with Gasteiger partial charge in [-0.2, -0.15) is 10.2 Å². The number of carboxylic acids is 1. The number of benzene rings is 5. The van der Waals surface area contributed by atoms with Crippen LogP contribution in [-0.4, -0.2) is 36.7 Å². The van der Waals surface area contributed by atoms with E-state index >= 15 is 0 Å². The molecule has 8 heteroatoms. The van der Waals surface area contributed by atoms with E-state index in [1.54, 1.807) is 14.2 Å². The molecule has 8 nitrogen and oxygen atoms in total. The fourth-order valence-electron chi connectivity index (χ4n) is 6.13. The molecule has 7 rings (SSSR count). The standard InChI is InChI=1S/C33H28N4O2.C2H4O2/c1-18-21-14-16-27(38-3)23-10-12-25(32(30(21)23)36-34-18)29(20-8-6-5-7-9-20)26-13-11-24-28(39-4)17-15-22-19(2)35-37-33(26)31(22)24;1-2(3)4/h5-17,29,36-37H,1-4H3;1H3,(H,3,4). The van der Waals surface area contributed by atoms with Crippen LogP contribution >= 0.6 is 0 Å². The Bertz CT molecular complexity index is 1840. The molecule has 216 valence electrons. The average Bonchev–Trinajstić information content (AvgIpc) is 3.02. The van der Waals surface area contributed by atoms with Crippen LogP contribution in [0.5, 0.6) is 11.5 Å². The van der Waals surface area contributed by atoms with Crippen molar-refractivity contribution in [1.82, 2.24) is 0 Å². The molecule has 2 heterocycles. The third kappa shape index (κ3) is 4.70. The van der Waals surface area contributed by atoms with E-state index in [0.717, 1.165) is 85.0 Å². The zero-order valence-electron chi connectivity index (χ0n) is 24.6. The topological polar surface area (TPSA) is 105 Å². The van der Waals surface area contributed by atoms with Gasteiger partial charge in [-0.1, -0.05) is 54.6 Å². The molecule has 0 amide bonds. The SMILES string of the molecule is CC(=O)O.COc1ccc2c3c(c(C(c4ccccc4)c4ccc5c(OC)ccc6c5c4NN=C6C)ccc13)NN=C2C. The van der Waals surface area contributed by atoms with Crippen LogP contribution in [0.15, 0.2) is 89.1 Å². The van der Waals surface area contributed by atoms with Gasteiger partial charge in [0.1, 0.15) is 11.5 Å². The number of methoxy groups -OCH3 is 2. The molecule has 43 heavy (non-hydrogen) atoms. The Morgan fingerprint density at radius 1 is 0.698 bits per heavy atom. The lowest BCUT2D eigenvalue weighted by Gasteiger charge is -2.29. The summed E-state index contributed by atoms with van der Waals surface area (Å²) in [6, 6.07) is 27.6. The summed E-state index contributed by atoms with van der Waals surface area (Å²) >= 11 is 0. The van der Waals surface area contributed by atoms with Crippen molar-refractivity contribution in [2.75, 3.05) is 25.1 Å². The van der Waals surface area contributed by atoms with Gasteiger partial charge < -0.3 is 14.6 Å². The summed E-state index contributed by atoms with van der Waals surface area (Å²) in [4.78, 5) is 9.00. The van der Waals surface area contributed by atoms with E-state index in [-0.39, 0.29) is 5.92 Å². The Morgan fingerprint density at radius 3 is 1.56 bits per heavy atom. The normalized spacial score (nSPS) is 12.9. The summed E-state index contributed by atoms with van der Waals surface area (Å²) in [5.41, 5.74) is 16.4. The van der Waals surface area contributed by atoms with Crippen molar-refractivity contribution in [3.05, 3.63) is 107 Å². The number of carbonyl (C=O) groups is 1. The van der Waals surface area contributed by atoms with E-state index in [2.05, 4.69) is 77.6 Å². The van der Waals surface area contributed by atoms with E-state index in [1.165, 1.54) is 5.56 Å². The number of hydrogen-bond acceptors (Lipinski definition) is 7. The van der Waals surface area contributed by atoms with Crippen LogP contribution in [0.25, 0.3) is 21.5 Å². The molecular formula is C35H32N4O4. The first-order valence-electron chi connectivity index (χ1n) is 14.0. The molecular weight excluding hydrogens is 540 g/mol. The lowest BCUT2D eigenvalue weighted by Crippen LogP contribution is -2.15. The van der Waals surface area contributed by atoms with Crippen molar-refractivity contribution in [2.24, 2.45) is 10.2 Å². The quantitative estimate of drug-likeness (QED) is 0.188. The molecule has 5 aromatic rings. The smallest absolute Gasteiger partial charge is 0.300 e. The van der Waals surface area contributed by atoms with Crippen molar-refractivity contribution in [3.8, 4) is 11.5 Å². The van der Waals surface area contributed by atoms with Gasteiger partial charge in [-0.05, 0) is 54.8 Å². The lowest BCUT2D eigenvalue weighted by molar-refractivity contribution is -0.134. The minimum atomic E-state index is -0.833. The van der Waals surface area contributed by atoms with Crippen LogP contribution in [0.4, 0.5) is 11.4 Å². The third-order valence-electron chi connectivity index (χ3n) is 7.99. The molecule has 0 unspecified atom stereocenters. The average molecular weight is 573 g/mol. The van der Waals surface area contributed by atoms with Crippen molar-refractivity contribution in [1.29, 1.82) is 0 Å². The fraction of sp³-hybridized carbons (Fsp3) is 0.171. The molecule has 0 radical (unpaired) electrons. The minimum absolute atomic E-state index is 0.0923.